The van der Waals surface area contributed by atoms with Crippen LogP contribution in [0, 0.1) is 0 Å². The van der Waals surface area contributed by atoms with E-state index in [0.29, 0.717) is 5.02 Å². The number of sulfonamides is 1. The van der Waals surface area contributed by atoms with Crippen LogP contribution < -0.4 is 16.2 Å². The first-order valence-electron chi connectivity index (χ1n) is 8.43. The molecule has 0 saturated carbocycles. The number of rotatable bonds is 7. The topological polar surface area (TPSA) is 125 Å². The Morgan fingerprint density at radius 2 is 1.53 bits per heavy atom. The average molecular weight is 473 g/mol. The second-order valence-corrected chi connectivity index (χ2v) is 8.86. The van der Waals surface area contributed by atoms with Crippen LogP contribution in [-0.4, -0.2) is 50.6 Å². The second-order valence-electron chi connectivity index (χ2n) is 5.97. The molecule has 0 fully saturated rings. The minimum atomic E-state index is -3.91. The smallest absolute Gasteiger partial charge is 0.257 e. The number of hydrogen-bond acceptors (Lipinski definition) is 5. The fourth-order valence-corrected chi connectivity index (χ4v) is 3.67. The van der Waals surface area contributed by atoms with Crippen LogP contribution >= 0.6 is 23.2 Å². The third kappa shape index (κ3) is 6.42. The molecule has 0 spiro atoms. The lowest BCUT2D eigenvalue weighted by Crippen LogP contribution is -2.49. The van der Waals surface area contributed by atoms with Gasteiger partial charge < -0.3 is 5.32 Å². The summed E-state index contributed by atoms with van der Waals surface area (Å²) < 4.78 is 25.6. The summed E-state index contributed by atoms with van der Waals surface area (Å²) >= 11 is 11.6. The van der Waals surface area contributed by atoms with E-state index in [-0.39, 0.29) is 15.5 Å². The average Bonchev–Trinajstić information content (AvgIpc) is 2.71. The highest BCUT2D eigenvalue weighted by atomic mass is 35.5. The van der Waals surface area contributed by atoms with Gasteiger partial charge in [0.15, 0.2) is 0 Å². The van der Waals surface area contributed by atoms with Crippen molar-refractivity contribution in [2.45, 2.75) is 4.90 Å². The van der Waals surface area contributed by atoms with Gasteiger partial charge in [-0.2, -0.15) is 4.31 Å². The molecule has 0 unspecified atom stereocenters. The number of nitrogens with one attached hydrogen (secondary N) is 3. The van der Waals surface area contributed by atoms with Gasteiger partial charge in [0.25, 0.3) is 17.7 Å². The fourth-order valence-electron chi connectivity index (χ4n) is 2.20. The number of nitrogens with zero attached hydrogens (tertiary/aromatic N) is 1. The van der Waals surface area contributed by atoms with Crippen LogP contribution in [-0.2, 0) is 19.6 Å². The normalized spacial score (nSPS) is 11.1. The van der Waals surface area contributed by atoms with Gasteiger partial charge in [-0.05, 0) is 36.4 Å². The predicted octanol–water partition coefficient (Wildman–Crippen LogP) is 1.19. The molecule has 0 aliphatic carbocycles. The number of carbonyl (C=O) groups excluding carboxylic acids is 3. The second kappa shape index (κ2) is 10.4. The monoisotopic (exact) mass is 472 g/mol. The van der Waals surface area contributed by atoms with Crippen LogP contribution in [0.15, 0.2) is 53.4 Å². The third-order valence-electron chi connectivity index (χ3n) is 3.76. The molecule has 3 amide bonds. The van der Waals surface area contributed by atoms with Crippen molar-refractivity contribution < 1.29 is 22.8 Å². The van der Waals surface area contributed by atoms with Crippen molar-refractivity contribution in [3.8, 4) is 0 Å². The Hall–Kier alpha value is -2.66. The molecular formula is C18H18Cl2N4O5S. The first-order chi connectivity index (χ1) is 14.1. The van der Waals surface area contributed by atoms with E-state index in [2.05, 4.69) is 16.2 Å². The molecule has 0 atom stereocenters. The quantitative estimate of drug-likeness (QED) is 0.522. The Labute approximate surface area is 183 Å². The molecule has 0 aromatic heterocycles. The minimum absolute atomic E-state index is 0.0338. The number of hydrazine groups is 1. The first-order valence-corrected chi connectivity index (χ1v) is 10.6. The lowest BCUT2D eigenvalue weighted by molar-refractivity contribution is -0.128. The van der Waals surface area contributed by atoms with Crippen molar-refractivity contribution in [1.29, 1.82) is 0 Å². The summed E-state index contributed by atoms with van der Waals surface area (Å²) in [6.45, 7) is -0.972. The maximum atomic E-state index is 12.4. The van der Waals surface area contributed by atoms with E-state index < -0.39 is 40.8 Å². The van der Waals surface area contributed by atoms with Gasteiger partial charge >= 0.3 is 0 Å². The van der Waals surface area contributed by atoms with Crippen LogP contribution in [0.25, 0.3) is 0 Å². The molecule has 160 valence electrons. The van der Waals surface area contributed by atoms with Crippen molar-refractivity contribution >= 4 is 50.9 Å². The van der Waals surface area contributed by atoms with Crippen molar-refractivity contribution in [2.75, 3.05) is 20.1 Å². The maximum absolute atomic E-state index is 12.4. The van der Waals surface area contributed by atoms with Crippen molar-refractivity contribution in [3.63, 3.8) is 0 Å². The molecule has 0 bridgehead atoms. The highest BCUT2D eigenvalue weighted by molar-refractivity contribution is 7.89. The molecule has 0 aliphatic rings. The van der Waals surface area contributed by atoms with E-state index in [1.54, 1.807) is 12.1 Å². The lowest BCUT2D eigenvalue weighted by Gasteiger charge is -2.17. The Morgan fingerprint density at radius 3 is 2.17 bits per heavy atom. The van der Waals surface area contributed by atoms with Gasteiger partial charge in [-0.25, -0.2) is 8.42 Å². The first kappa shape index (κ1) is 23.6. The zero-order chi connectivity index (χ0) is 22.3. The SMILES string of the molecule is CN(CC(=O)NNC(=O)CNC(=O)c1ccccc1Cl)S(=O)(=O)c1ccc(Cl)cc1. The largest absolute Gasteiger partial charge is 0.343 e. The molecule has 0 aliphatic heterocycles. The van der Waals surface area contributed by atoms with Crippen molar-refractivity contribution in [1.82, 2.24) is 20.5 Å². The highest BCUT2D eigenvalue weighted by Crippen LogP contribution is 2.17. The van der Waals surface area contributed by atoms with E-state index in [1.165, 1.54) is 43.4 Å². The molecule has 0 radical (unpaired) electrons. The molecule has 30 heavy (non-hydrogen) atoms. The molecule has 12 heteroatoms. The van der Waals surface area contributed by atoms with Gasteiger partial charge in [0.1, 0.15) is 0 Å². The number of halogens is 2. The van der Waals surface area contributed by atoms with Gasteiger partial charge in [0.2, 0.25) is 10.0 Å². The molecule has 9 nitrogen and oxygen atoms in total. The standard InChI is InChI=1S/C18H18Cl2N4O5S/c1-24(30(28,29)13-8-6-12(19)7-9-13)11-17(26)23-22-16(25)10-21-18(27)14-4-2-3-5-15(14)20/h2-9H,10-11H2,1H3,(H,21,27)(H,22,25)(H,23,26). The van der Waals surface area contributed by atoms with E-state index in [9.17, 15) is 22.8 Å². The summed E-state index contributed by atoms with van der Waals surface area (Å²) in [5.41, 5.74) is 4.36. The number of benzene rings is 2. The van der Waals surface area contributed by atoms with Gasteiger partial charge in [-0.1, -0.05) is 35.3 Å². The van der Waals surface area contributed by atoms with Gasteiger partial charge in [0.05, 0.1) is 28.6 Å². The van der Waals surface area contributed by atoms with E-state index >= 15 is 0 Å². The summed E-state index contributed by atoms with van der Waals surface area (Å²) in [5.74, 6) is -2.05. The van der Waals surface area contributed by atoms with Crippen LogP contribution in [0.2, 0.25) is 10.0 Å². The Morgan fingerprint density at radius 1 is 0.933 bits per heavy atom. The summed E-state index contributed by atoms with van der Waals surface area (Å²) in [4.78, 5) is 35.7. The summed E-state index contributed by atoms with van der Waals surface area (Å²) in [7, 11) is -2.70. The van der Waals surface area contributed by atoms with Crippen LogP contribution in [0.5, 0.6) is 0 Å². The molecule has 2 rings (SSSR count). The van der Waals surface area contributed by atoms with Gasteiger partial charge in [0, 0.05) is 12.1 Å². The zero-order valence-electron chi connectivity index (χ0n) is 15.7. The number of amides is 3. The Balaban J connectivity index is 1.81. The summed E-state index contributed by atoms with van der Waals surface area (Å²) in [5, 5.41) is 2.95. The number of carbonyl (C=O) groups is 3. The van der Waals surface area contributed by atoms with E-state index in [1.807, 2.05) is 0 Å². The highest BCUT2D eigenvalue weighted by Gasteiger charge is 2.23. The molecule has 2 aromatic carbocycles. The Kier molecular flexibility index (Phi) is 8.18. The molecule has 2 aromatic rings. The fraction of sp³-hybridized carbons (Fsp3) is 0.167. The van der Waals surface area contributed by atoms with E-state index in [0.717, 1.165) is 4.31 Å². The zero-order valence-corrected chi connectivity index (χ0v) is 18.0. The molecule has 0 saturated heterocycles. The van der Waals surface area contributed by atoms with Gasteiger partial charge in [-0.3, -0.25) is 25.2 Å². The molecule has 3 N–H and O–H groups in total. The number of likely N-dealkylation sites (N-methyl/N-ethyl adjacent to an activating group) is 1. The van der Waals surface area contributed by atoms with E-state index in [4.69, 9.17) is 23.2 Å². The minimum Gasteiger partial charge on any atom is -0.343 e. The summed E-state index contributed by atoms with van der Waals surface area (Å²) in [6.07, 6.45) is 0. The van der Waals surface area contributed by atoms with Crippen molar-refractivity contribution in [2.24, 2.45) is 0 Å². The van der Waals surface area contributed by atoms with Crippen LogP contribution in [0.4, 0.5) is 0 Å². The Bertz CT molecular complexity index is 1040. The van der Waals surface area contributed by atoms with Gasteiger partial charge in [-0.15, -0.1) is 0 Å². The third-order valence-corrected chi connectivity index (χ3v) is 6.16. The van der Waals surface area contributed by atoms with Crippen molar-refractivity contribution in [3.05, 3.63) is 64.1 Å². The molecule has 0 heterocycles. The maximum Gasteiger partial charge on any atom is 0.257 e. The van der Waals surface area contributed by atoms with Crippen LogP contribution in [0.3, 0.4) is 0 Å². The summed E-state index contributed by atoms with van der Waals surface area (Å²) in [6, 6.07) is 11.8. The number of hydrogen-bond donors (Lipinski definition) is 3. The molecular weight excluding hydrogens is 455 g/mol. The van der Waals surface area contributed by atoms with Crippen LogP contribution in [0.1, 0.15) is 10.4 Å². The lowest BCUT2D eigenvalue weighted by atomic mass is 10.2. The predicted molar refractivity (Wildman–Crippen MR) is 111 cm³/mol.